The molecule has 0 bridgehead atoms. The predicted octanol–water partition coefficient (Wildman–Crippen LogP) is 4.42. The fourth-order valence-electron chi connectivity index (χ4n) is 6.78. The van der Waals surface area contributed by atoms with Crippen molar-refractivity contribution in [3.63, 3.8) is 0 Å². The molecule has 4 nitrogen and oxygen atoms in total. The van der Waals surface area contributed by atoms with Crippen molar-refractivity contribution in [3.05, 3.63) is 22.8 Å². The Morgan fingerprint density at radius 2 is 1.93 bits per heavy atom. The number of aliphatic hydroxyl groups excluding tert-OH is 1. The summed E-state index contributed by atoms with van der Waals surface area (Å²) < 4.78 is 6.76. The van der Waals surface area contributed by atoms with Crippen LogP contribution in [0, 0.1) is 29.6 Å². The van der Waals surface area contributed by atoms with Crippen molar-refractivity contribution < 1.29 is 19.7 Å². The van der Waals surface area contributed by atoms with E-state index in [-0.39, 0.29) is 22.7 Å². The zero-order valence-electron chi connectivity index (χ0n) is 17.1. The Balaban J connectivity index is 1.87. The lowest BCUT2D eigenvalue weighted by Crippen LogP contribution is -2.66. The second kappa shape index (κ2) is 5.73. The molecule has 148 valence electrons. The average Bonchev–Trinajstić information content (AvgIpc) is 3.00. The molecule has 1 unspecified atom stereocenters. The van der Waals surface area contributed by atoms with Gasteiger partial charge in [0, 0.05) is 17.4 Å². The zero-order valence-corrected chi connectivity index (χ0v) is 17.1. The van der Waals surface area contributed by atoms with Crippen molar-refractivity contribution >= 4 is 6.29 Å². The number of hydrogen-bond donors (Lipinski definition) is 2. The molecule has 0 saturated heterocycles. The van der Waals surface area contributed by atoms with Crippen LogP contribution in [-0.4, -0.2) is 28.2 Å². The highest BCUT2D eigenvalue weighted by Crippen LogP contribution is 2.66. The van der Waals surface area contributed by atoms with Crippen molar-refractivity contribution in [1.82, 2.24) is 0 Å². The second-order valence-corrected chi connectivity index (χ2v) is 10.0. The van der Waals surface area contributed by atoms with Crippen molar-refractivity contribution in [2.45, 2.75) is 78.4 Å². The summed E-state index contributed by atoms with van der Waals surface area (Å²) in [5.41, 5.74) is 1.35. The number of carbonyl (C=O) groups excluding carboxylic acids is 1. The lowest BCUT2D eigenvalue weighted by atomic mass is 9.43. The predicted molar refractivity (Wildman–Crippen MR) is 104 cm³/mol. The lowest BCUT2D eigenvalue weighted by molar-refractivity contribution is -0.210. The van der Waals surface area contributed by atoms with E-state index in [4.69, 9.17) is 4.74 Å². The minimum Gasteiger partial charge on any atom is -0.508 e. The number of rotatable bonds is 1. The molecule has 3 aliphatic rings. The first-order valence-electron chi connectivity index (χ1n) is 10.3. The topological polar surface area (TPSA) is 66.8 Å². The molecule has 0 aromatic heterocycles. The summed E-state index contributed by atoms with van der Waals surface area (Å²) in [4.78, 5) is 11.8. The molecule has 1 aromatic carbocycles. The first-order valence-corrected chi connectivity index (χ1v) is 10.3. The van der Waals surface area contributed by atoms with Crippen molar-refractivity contribution in [2.24, 2.45) is 22.7 Å². The fraction of sp³-hybridized carbons (Fsp3) is 0.696. The van der Waals surface area contributed by atoms with Crippen LogP contribution in [0.1, 0.15) is 74.9 Å². The number of aliphatic hydroxyl groups is 1. The Bertz CT molecular complexity index is 798. The number of phenolic OH excluding ortho intramolecular Hbond substituents is 1. The molecule has 2 N–H and O–H groups in total. The first-order chi connectivity index (χ1) is 12.6. The van der Waals surface area contributed by atoms with Gasteiger partial charge in [0.05, 0.1) is 11.7 Å². The summed E-state index contributed by atoms with van der Waals surface area (Å²) in [5, 5.41) is 21.3. The van der Waals surface area contributed by atoms with Crippen molar-refractivity contribution in [1.29, 1.82) is 0 Å². The van der Waals surface area contributed by atoms with Crippen molar-refractivity contribution in [2.75, 3.05) is 0 Å². The summed E-state index contributed by atoms with van der Waals surface area (Å²) >= 11 is 0. The molecular weight excluding hydrogens is 340 g/mol. The van der Waals surface area contributed by atoms with Crippen LogP contribution >= 0.6 is 0 Å². The van der Waals surface area contributed by atoms with Crippen LogP contribution in [0.5, 0.6) is 11.5 Å². The van der Waals surface area contributed by atoms with Gasteiger partial charge in [-0.15, -0.1) is 0 Å². The monoisotopic (exact) mass is 372 g/mol. The van der Waals surface area contributed by atoms with Gasteiger partial charge in [-0.05, 0) is 61.5 Å². The summed E-state index contributed by atoms with van der Waals surface area (Å²) in [6, 6.07) is 1.69. The third kappa shape index (κ3) is 2.22. The third-order valence-corrected chi connectivity index (χ3v) is 8.56. The van der Waals surface area contributed by atoms with Gasteiger partial charge in [-0.3, -0.25) is 4.79 Å². The molecule has 4 heteroatoms. The second-order valence-electron chi connectivity index (χ2n) is 10.0. The highest BCUT2D eigenvalue weighted by molar-refractivity contribution is 5.84. The summed E-state index contributed by atoms with van der Waals surface area (Å²) in [7, 11) is 0. The number of carbonyl (C=O) groups is 1. The molecule has 2 saturated carbocycles. The van der Waals surface area contributed by atoms with E-state index in [0.29, 0.717) is 29.6 Å². The largest absolute Gasteiger partial charge is 0.508 e. The molecule has 1 aliphatic heterocycles. The SMILES string of the molecule is Cc1cc(O)c2c(c1C=O)O[C@]1(C2)[C@H](C)CCC2C(C)(C)[C@H](O)CC[C@@]21C. The molecule has 0 radical (unpaired) electrons. The number of phenols is 1. The highest BCUT2D eigenvalue weighted by atomic mass is 16.5. The van der Waals surface area contributed by atoms with Gasteiger partial charge in [0.2, 0.25) is 0 Å². The van der Waals surface area contributed by atoms with Crippen LogP contribution in [0.25, 0.3) is 0 Å². The van der Waals surface area contributed by atoms with Crippen LogP contribution in [0.3, 0.4) is 0 Å². The quantitative estimate of drug-likeness (QED) is 0.716. The maximum atomic E-state index is 11.8. The fourth-order valence-corrected chi connectivity index (χ4v) is 6.78. The number of aldehydes is 1. The molecule has 5 atom stereocenters. The Labute approximate surface area is 161 Å². The van der Waals surface area contributed by atoms with E-state index in [0.717, 1.165) is 43.1 Å². The Morgan fingerprint density at radius 3 is 2.59 bits per heavy atom. The highest BCUT2D eigenvalue weighted by Gasteiger charge is 2.67. The van der Waals surface area contributed by atoms with Crippen LogP contribution in [0.15, 0.2) is 6.07 Å². The minimum atomic E-state index is -0.446. The lowest BCUT2D eigenvalue weighted by Gasteiger charge is -2.64. The third-order valence-electron chi connectivity index (χ3n) is 8.56. The van der Waals surface area contributed by atoms with E-state index < -0.39 is 5.60 Å². The van der Waals surface area contributed by atoms with E-state index in [9.17, 15) is 15.0 Å². The van der Waals surface area contributed by atoms with E-state index in [2.05, 4.69) is 27.7 Å². The molecule has 1 heterocycles. The first kappa shape index (κ1) is 18.8. The van der Waals surface area contributed by atoms with Crippen LogP contribution < -0.4 is 4.74 Å². The van der Waals surface area contributed by atoms with Gasteiger partial charge in [-0.1, -0.05) is 27.7 Å². The number of aryl methyl sites for hydroxylation is 1. The van der Waals surface area contributed by atoms with Gasteiger partial charge in [0.1, 0.15) is 17.1 Å². The van der Waals surface area contributed by atoms with Gasteiger partial charge in [0.15, 0.2) is 6.29 Å². The van der Waals surface area contributed by atoms with Gasteiger partial charge in [0.25, 0.3) is 0 Å². The van der Waals surface area contributed by atoms with Crippen LogP contribution in [0.2, 0.25) is 0 Å². The average molecular weight is 373 g/mol. The Kier molecular flexibility index (Phi) is 3.99. The zero-order chi connectivity index (χ0) is 19.8. The number of ether oxygens (including phenoxy) is 1. The van der Waals surface area contributed by atoms with Crippen LogP contribution in [-0.2, 0) is 6.42 Å². The summed E-state index contributed by atoms with van der Waals surface area (Å²) in [6.45, 7) is 10.8. The maximum absolute atomic E-state index is 11.8. The van der Waals surface area contributed by atoms with Crippen molar-refractivity contribution in [3.8, 4) is 11.5 Å². The Morgan fingerprint density at radius 1 is 1.22 bits per heavy atom. The molecule has 1 spiro atoms. The maximum Gasteiger partial charge on any atom is 0.154 e. The molecule has 0 amide bonds. The molecule has 1 aromatic rings. The molecule has 27 heavy (non-hydrogen) atoms. The standard InChI is InChI=1S/C23H32O4/c1-13-10-17(25)15-11-23(27-20(15)16(13)12-24)14(2)6-7-18-21(3,4)19(26)8-9-22(18,23)5/h10,12,14,18-19,25-26H,6-9,11H2,1-5H3/t14-,18?,19-,22+,23-/m1/s1. The number of fused-ring (bicyclic) bond motifs is 3. The molecular formula is C23H32O4. The van der Waals surface area contributed by atoms with Gasteiger partial charge in [-0.2, -0.15) is 0 Å². The smallest absolute Gasteiger partial charge is 0.154 e. The van der Waals surface area contributed by atoms with E-state index in [1.165, 1.54) is 0 Å². The Hall–Kier alpha value is -1.55. The van der Waals surface area contributed by atoms with E-state index in [1.54, 1.807) is 6.07 Å². The summed E-state index contributed by atoms with van der Waals surface area (Å²) in [5.74, 6) is 1.47. The number of aromatic hydroxyl groups is 1. The van der Waals surface area contributed by atoms with E-state index in [1.807, 2.05) is 6.92 Å². The van der Waals surface area contributed by atoms with Crippen LogP contribution in [0.4, 0.5) is 0 Å². The van der Waals surface area contributed by atoms with Gasteiger partial charge >= 0.3 is 0 Å². The normalized spacial score (nSPS) is 39.6. The molecule has 2 aliphatic carbocycles. The van der Waals surface area contributed by atoms with Gasteiger partial charge in [-0.25, -0.2) is 0 Å². The molecule has 4 rings (SSSR count). The summed E-state index contributed by atoms with van der Waals surface area (Å²) in [6.07, 6.45) is 4.96. The molecule has 2 fully saturated rings. The van der Waals surface area contributed by atoms with E-state index >= 15 is 0 Å². The van der Waals surface area contributed by atoms with Gasteiger partial charge < -0.3 is 14.9 Å². The minimum absolute atomic E-state index is 0.118. The number of benzene rings is 1. The number of hydrogen-bond acceptors (Lipinski definition) is 4.